The van der Waals surface area contributed by atoms with Crippen molar-refractivity contribution in [2.75, 3.05) is 46.6 Å². The predicted molar refractivity (Wildman–Crippen MR) is 112 cm³/mol. The molecule has 144 valence electrons. The third-order valence-corrected chi connectivity index (χ3v) is 3.62. The first kappa shape index (κ1) is 21.7. The molecule has 0 heterocycles. The normalized spacial score (nSPS) is 13.0. The van der Waals surface area contributed by atoms with Crippen LogP contribution in [-0.4, -0.2) is 51.1 Å². The van der Waals surface area contributed by atoms with E-state index < -0.39 is 0 Å². The van der Waals surface area contributed by atoms with Crippen LogP contribution in [0.15, 0.2) is 58.8 Å². The Balaban J connectivity index is 2.66. The van der Waals surface area contributed by atoms with Crippen molar-refractivity contribution in [2.45, 2.75) is 20.8 Å². The van der Waals surface area contributed by atoms with Crippen LogP contribution in [0.4, 0.5) is 11.4 Å². The summed E-state index contributed by atoms with van der Waals surface area (Å²) in [4.78, 5) is 4.14. The van der Waals surface area contributed by atoms with E-state index in [1.54, 1.807) is 0 Å². The molecule has 1 aromatic rings. The molecule has 0 atom stereocenters. The molecule has 0 unspecified atom stereocenters. The van der Waals surface area contributed by atoms with Crippen LogP contribution in [0.3, 0.4) is 0 Å². The molecule has 0 bridgehead atoms. The van der Waals surface area contributed by atoms with E-state index in [9.17, 15) is 0 Å². The summed E-state index contributed by atoms with van der Waals surface area (Å²) in [5.41, 5.74) is 2.11. The minimum Gasteiger partial charge on any atom is -0.384 e. The van der Waals surface area contributed by atoms with Crippen molar-refractivity contribution in [2.24, 2.45) is 15.6 Å². The Hall–Kier alpha value is -2.34. The molecule has 6 nitrogen and oxygen atoms in total. The van der Waals surface area contributed by atoms with Gasteiger partial charge in [0, 0.05) is 39.1 Å². The van der Waals surface area contributed by atoms with Crippen molar-refractivity contribution < 1.29 is 0 Å². The molecule has 0 aromatic heterocycles. The van der Waals surface area contributed by atoms with Crippen molar-refractivity contribution >= 4 is 11.4 Å². The van der Waals surface area contributed by atoms with Crippen molar-refractivity contribution in [3.05, 3.63) is 48.6 Å². The molecule has 0 aliphatic heterocycles. The van der Waals surface area contributed by atoms with Crippen LogP contribution >= 0.6 is 0 Å². The number of allylic oxidation sites excluding steroid dienone is 1. The number of benzene rings is 1. The van der Waals surface area contributed by atoms with Gasteiger partial charge < -0.3 is 20.4 Å². The molecule has 0 radical (unpaired) electrons. The summed E-state index contributed by atoms with van der Waals surface area (Å²) in [6, 6.07) is 8.01. The molecule has 1 rings (SSSR count). The maximum absolute atomic E-state index is 4.29. The number of nitrogens with one attached hydrogen (secondary N) is 2. The number of hydrogen-bond donors (Lipinski definition) is 2. The molecule has 0 saturated heterocycles. The van der Waals surface area contributed by atoms with Crippen LogP contribution in [-0.2, 0) is 0 Å². The maximum atomic E-state index is 4.29. The van der Waals surface area contributed by atoms with Gasteiger partial charge in [0.2, 0.25) is 0 Å². The molecule has 0 saturated carbocycles. The fourth-order valence-corrected chi connectivity index (χ4v) is 2.62. The van der Waals surface area contributed by atoms with Crippen molar-refractivity contribution in [1.82, 2.24) is 15.1 Å². The quantitative estimate of drug-likeness (QED) is 0.614. The molecular formula is C20H34N6. The van der Waals surface area contributed by atoms with Gasteiger partial charge in [0.05, 0.1) is 5.69 Å². The first-order valence-electron chi connectivity index (χ1n) is 8.90. The molecular weight excluding hydrogens is 324 g/mol. The summed E-state index contributed by atoms with van der Waals surface area (Å²) < 4.78 is 0. The Bertz CT molecular complexity index is 614. The van der Waals surface area contributed by atoms with Crippen LogP contribution in [0.2, 0.25) is 0 Å². The molecule has 0 fully saturated rings. The van der Waals surface area contributed by atoms with Gasteiger partial charge >= 0.3 is 0 Å². The zero-order chi connectivity index (χ0) is 19.6. The van der Waals surface area contributed by atoms with Gasteiger partial charge in [-0.2, -0.15) is 0 Å². The second kappa shape index (κ2) is 10.6. The van der Waals surface area contributed by atoms with E-state index in [1.807, 2.05) is 68.7 Å². The first-order chi connectivity index (χ1) is 12.3. The lowest BCUT2D eigenvalue weighted by Crippen LogP contribution is -2.34. The topological polar surface area (TPSA) is 55.3 Å². The number of anilines is 1. The summed E-state index contributed by atoms with van der Waals surface area (Å²) in [6.07, 6.45) is 5.80. The molecule has 6 heteroatoms. The molecule has 0 amide bonds. The maximum Gasteiger partial charge on any atom is 0.164 e. The predicted octanol–water partition coefficient (Wildman–Crippen LogP) is 4.25. The van der Waals surface area contributed by atoms with Crippen LogP contribution in [0.1, 0.15) is 20.8 Å². The second-order valence-electron chi connectivity index (χ2n) is 7.41. The third-order valence-electron chi connectivity index (χ3n) is 3.62. The fourth-order valence-electron chi connectivity index (χ4n) is 2.62. The van der Waals surface area contributed by atoms with E-state index in [-0.39, 0.29) is 5.41 Å². The second-order valence-corrected chi connectivity index (χ2v) is 7.41. The van der Waals surface area contributed by atoms with Crippen LogP contribution in [0.25, 0.3) is 0 Å². The average molecular weight is 359 g/mol. The highest BCUT2D eigenvalue weighted by molar-refractivity contribution is 5.50. The van der Waals surface area contributed by atoms with Crippen LogP contribution in [0, 0.1) is 5.41 Å². The van der Waals surface area contributed by atoms with Crippen molar-refractivity contribution in [1.29, 1.82) is 0 Å². The summed E-state index contributed by atoms with van der Waals surface area (Å²) in [6.45, 7) is 8.45. The fraction of sp³-hybridized carbons (Fsp3) is 0.500. The van der Waals surface area contributed by atoms with E-state index in [0.29, 0.717) is 5.82 Å². The number of rotatable bonds is 10. The molecule has 2 N–H and O–H groups in total. The lowest BCUT2D eigenvalue weighted by molar-refractivity contribution is 0.254. The summed E-state index contributed by atoms with van der Waals surface area (Å²) in [7, 11) is 7.99. The van der Waals surface area contributed by atoms with E-state index in [4.69, 9.17) is 0 Å². The lowest BCUT2D eigenvalue weighted by atomic mass is 9.93. The summed E-state index contributed by atoms with van der Waals surface area (Å²) >= 11 is 0. The Morgan fingerprint density at radius 1 is 1.15 bits per heavy atom. The Kier molecular flexibility index (Phi) is 8.85. The Morgan fingerprint density at radius 3 is 2.35 bits per heavy atom. The van der Waals surface area contributed by atoms with Gasteiger partial charge in [0.15, 0.2) is 5.82 Å². The highest BCUT2D eigenvalue weighted by atomic mass is 15.2. The van der Waals surface area contributed by atoms with Gasteiger partial charge in [-0.3, -0.25) is 0 Å². The molecule has 1 aromatic carbocycles. The average Bonchev–Trinajstić information content (AvgIpc) is 2.57. The number of hydrogen-bond acceptors (Lipinski definition) is 6. The van der Waals surface area contributed by atoms with E-state index in [1.165, 1.54) is 0 Å². The Labute approximate surface area is 158 Å². The van der Waals surface area contributed by atoms with Gasteiger partial charge in [0.25, 0.3) is 0 Å². The first-order valence-corrected chi connectivity index (χ1v) is 8.90. The highest BCUT2D eigenvalue weighted by Gasteiger charge is 2.18. The minimum absolute atomic E-state index is 0.202. The van der Waals surface area contributed by atoms with Crippen molar-refractivity contribution in [3.63, 3.8) is 0 Å². The number of azo groups is 1. The summed E-state index contributed by atoms with van der Waals surface area (Å²) in [5, 5.41) is 15.1. The number of nitrogens with zero attached hydrogens (tertiary/aromatic N) is 4. The van der Waals surface area contributed by atoms with Gasteiger partial charge in [0.1, 0.15) is 0 Å². The van der Waals surface area contributed by atoms with E-state index in [2.05, 4.69) is 53.7 Å². The molecule has 0 aliphatic rings. The van der Waals surface area contributed by atoms with E-state index >= 15 is 0 Å². The SMILES string of the molecule is C/C=C\N(C)/C=C(/N=Nc1ccc(NCC(C)(C)CN(C)C)cc1)NC. The third kappa shape index (κ3) is 8.67. The van der Waals surface area contributed by atoms with Crippen LogP contribution in [0.5, 0.6) is 0 Å². The largest absolute Gasteiger partial charge is 0.384 e. The summed E-state index contributed by atoms with van der Waals surface area (Å²) in [5.74, 6) is 0.693. The zero-order valence-electron chi connectivity index (χ0n) is 17.2. The van der Waals surface area contributed by atoms with Crippen LogP contribution < -0.4 is 10.6 Å². The van der Waals surface area contributed by atoms with Gasteiger partial charge in [-0.05, 0) is 56.9 Å². The molecule has 0 spiro atoms. The van der Waals surface area contributed by atoms with Gasteiger partial charge in [-0.1, -0.05) is 19.9 Å². The lowest BCUT2D eigenvalue weighted by Gasteiger charge is -2.28. The molecule has 0 aliphatic carbocycles. The Morgan fingerprint density at radius 2 is 1.81 bits per heavy atom. The monoisotopic (exact) mass is 358 g/mol. The standard InChI is InChI=1S/C20H34N6/c1-8-13-26(7)14-19(21-4)24-23-18-11-9-17(10-12-18)22-15-20(2,3)16-25(5)6/h8-14,21-22H,15-16H2,1-7H3/b13-8-,19-14+,24-23?. The van der Waals surface area contributed by atoms with E-state index in [0.717, 1.165) is 24.5 Å². The smallest absolute Gasteiger partial charge is 0.164 e. The highest BCUT2D eigenvalue weighted by Crippen LogP contribution is 2.20. The van der Waals surface area contributed by atoms with Gasteiger partial charge in [-0.15, -0.1) is 10.2 Å². The zero-order valence-corrected chi connectivity index (χ0v) is 17.2. The minimum atomic E-state index is 0.202. The van der Waals surface area contributed by atoms with Gasteiger partial charge in [-0.25, -0.2) is 0 Å². The molecule has 26 heavy (non-hydrogen) atoms. The van der Waals surface area contributed by atoms with Crippen molar-refractivity contribution in [3.8, 4) is 0 Å².